The number of nitrogens with one attached hydrogen (secondary N) is 3. The first-order valence-corrected chi connectivity index (χ1v) is 8.06. The van der Waals surface area contributed by atoms with Gasteiger partial charge < -0.3 is 10.1 Å². The van der Waals surface area contributed by atoms with Gasteiger partial charge in [0.25, 0.3) is 0 Å². The summed E-state index contributed by atoms with van der Waals surface area (Å²) in [5, 5.41) is 7.19. The van der Waals surface area contributed by atoms with Gasteiger partial charge in [-0.15, -0.1) is 10.5 Å². The highest BCUT2D eigenvalue weighted by atomic mass is 35.5. The van der Waals surface area contributed by atoms with Crippen LogP contribution in [0, 0.1) is 0 Å². The second-order valence-electron chi connectivity index (χ2n) is 4.73. The highest BCUT2D eigenvalue weighted by Gasteiger charge is 2.02. The summed E-state index contributed by atoms with van der Waals surface area (Å²) in [4.78, 5) is 0. The highest BCUT2D eigenvalue weighted by molar-refractivity contribution is 7.80. The Balaban J connectivity index is 1.93. The number of ether oxygens (including phenoxy) is 1. The van der Waals surface area contributed by atoms with Gasteiger partial charge in [0.2, 0.25) is 5.11 Å². The first-order valence-electron chi connectivity index (χ1n) is 7.28. The Morgan fingerprint density at radius 2 is 2.09 bits per heavy atom. The summed E-state index contributed by atoms with van der Waals surface area (Å²) in [6.45, 7) is 3.19. The molecule has 0 amide bonds. The summed E-state index contributed by atoms with van der Waals surface area (Å²) >= 11 is 11.2. The third-order valence-electron chi connectivity index (χ3n) is 2.97. The molecule has 0 bridgehead atoms. The molecule has 0 aromatic heterocycles. The van der Waals surface area contributed by atoms with Gasteiger partial charge in [0.05, 0.1) is 0 Å². The average molecular weight is 349 g/mol. The summed E-state index contributed by atoms with van der Waals surface area (Å²) in [6.07, 6.45) is 1.81. The zero-order valence-corrected chi connectivity index (χ0v) is 14.4. The average Bonchev–Trinajstić information content (AvgIpc) is 2.55. The monoisotopic (exact) mass is 348 g/mol. The zero-order chi connectivity index (χ0) is 16.5. The van der Waals surface area contributed by atoms with Crippen LogP contribution in [-0.2, 0) is 6.61 Å². The maximum atomic E-state index is 6.12. The molecule has 0 aliphatic heterocycles. The predicted octanol–water partition coefficient (Wildman–Crippen LogP) is 1.82. The number of hydrogen-bond donors (Lipinski definition) is 3. The van der Waals surface area contributed by atoms with Crippen LogP contribution < -0.4 is 20.6 Å². The van der Waals surface area contributed by atoms with E-state index >= 15 is 0 Å². The Kier molecular flexibility index (Phi) is 6.84. The summed E-state index contributed by atoms with van der Waals surface area (Å²) in [6, 6.07) is 15.4. The predicted molar refractivity (Wildman–Crippen MR) is 97.8 cm³/mol. The molecule has 2 aromatic carbocycles. The molecule has 2 aromatic rings. The van der Waals surface area contributed by atoms with Crippen LogP contribution in [0.3, 0.4) is 0 Å². The lowest BCUT2D eigenvalue weighted by Crippen LogP contribution is -2.82. The fraction of sp³-hybridized carbons (Fsp3) is 0.176. The number of thiocarbonyl (C=S) groups is 1. The molecule has 0 fully saturated rings. The lowest BCUT2D eigenvalue weighted by Gasteiger charge is -2.07. The normalized spacial score (nSPS) is 10.5. The van der Waals surface area contributed by atoms with Crippen molar-refractivity contribution in [2.24, 2.45) is 0 Å². The van der Waals surface area contributed by atoms with Crippen LogP contribution in [0.1, 0.15) is 18.1 Å². The number of hydrazone groups is 1. The van der Waals surface area contributed by atoms with Crippen molar-refractivity contribution in [3.63, 3.8) is 0 Å². The fourth-order valence-electron chi connectivity index (χ4n) is 1.86. The van der Waals surface area contributed by atoms with E-state index in [1.807, 2.05) is 61.7 Å². The van der Waals surface area contributed by atoms with E-state index in [0.717, 1.165) is 23.4 Å². The SMILES string of the molecule is CCNC(=S)N[NH+]=Cc1cccc(OCc2ccccc2Cl)c1. The number of hydrogen-bond acceptors (Lipinski definition) is 2. The molecule has 0 aliphatic carbocycles. The van der Waals surface area contributed by atoms with E-state index in [9.17, 15) is 0 Å². The molecule has 6 heteroatoms. The number of benzene rings is 2. The van der Waals surface area contributed by atoms with Crippen molar-refractivity contribution in [2.75, 3.05) is 6.54 Å². The van der Waals surface area contributed by atoms with Crippen molar-refractivity contribution in [1.29, 1.82) is 0 Å². The summed E-state index contributed by atoms with van der Waals surface area (Å²) in [5.74, 6) is 0.773. The van der Waals surface area contributed by atoms with Crippen molar-refractivity contribution in [3.8, 4) is 5.75 Å². The minimum Gasteiger partial charge on any atom is -0.489 e. The Hall–Kier alpha value is -2.11. The first kappa shape index (κ1) is 17.2. The molecule has 0 heterocycles. The second kappa shape index (κ2) is 9.12. The van der Waals surface area contributed by atoms with Crippen molar-refractivity contribution >= 4 is 35.1 Å². The molecule has 0 spiro atoms. The van der Waals surface area contributed by atoms with Crippen LogP contribution in [0.5, 0.6) is 5.75 Å². The quantitative estimate of drug-likeness (QED) is 0.423. The van der Waals surface area contributed by atoms with Gasteiger partial charge in [-0.25, -0.2) is 0 Å². The van der Waals surface area contributed by atoms with Crippen molar-refractivity contribution < 1.29 is 9.84 Å². The first-order chi connectivity index (χ1) is 11.2. The molecule has 4 nitrogen and oxygen atoms in total. The Labute approximate surface area is 146 Å². The van der Waals surface area contributed by atoms with Gasteiger partial charge in [-0.2, -0.15) is 0 Å². The standard InChI is InChI=1S/C17H18ClN3OS/c1-2-19-17(23)21-20-11-13-6-5-8-15(10-13)22-12-14-7-3-4-9-16(14)18/h3-11H,2,12H2,1H3,(H2,19,21,23)/p+1. The molecule has 0 atom stereocenters. The van der Waals surface area contributed by atoms with E-state index in [4.69, 9.17) is 28.6 Å². The van der Waals surface area contributed by atoms with Crippen molar-refractivity contribution in [2.45, 2.75) is 13.5 Å². The molecule has 0 saturated heterocycles. The van der Waals surface area contributed by atoms with Crippen LogP contribution in [-0.4, -0.2) is 17.9 Å². The minimum atomic E-state index is 0.430. The highest BCUT2D eigenvalue weighted by Crippen LogP contribution is 2.18. The largest absolute Gasteiger partial charge is 0.489 e. The van der Waals surface area contributed by atoms with E-state index < -0.39 is 0 Å². The molecule has 0 unspecified atom stereocenters. The van der Waals surface area contributed by atoms with Crippen LogP contribution in [0.4, 0.5) is 0 Å². The van der Waals surface area contributed by atoms with Gasteiger partial charge in [0, 0.05) is 22.7 Å². The summed E-state index contributed by atoms with van der Waals surface area (Å²) < 4.78 is 5.79. The van der Waals surface area contributed by atoms with Gasteiger partial charge in [-0.1, -0.05) is 35.9 Å². The number of hydrazine groups is 1. The molecule has 0 saturated carbocycles. The fourth-order valence-corrected chi connectivity index (χ4v) is 2.25. The number of rotatable bonds is 6. The second-order valence-corrected chi connectivity index (χ2v) is 5.54. The Morgan fingerprint density at radius 1 is 1.26 bits per heavy atom. The van der Waals surface area contributed by atoms with Gasteiger partial charge in [-0.3, -0.25) is 0 Å². The molecule has 120 valence electrons. The minimum absolute atomic E-state index is 0.430. The van der Waals surface area contributed by atoms with Gasteiger partial charge in [0.1, 0.15) is 12.4 Å². The van der Waals surface area contributed by atoms with Gasteiger partial charge in [-0.05, 0) is 43.4 Å². The molecule has 2 rings (SSSR count). The molecule has 0 radical (unpaired) electrons. The van der Waals surface area contributed by atoms with E-state index in [2.05, 4.69) is 15.8 Å². The van der Waals surface area contributed by atoms with E-state index in [-0.39, 0.29) is 0 Å². The lowest BCUT2D eigenvalue weighted by molar-refractivity contribution is -0.500. The van der Waals surface area contributed by atoms with Crippen LogP contribution in [0.2, 0.25) is 5.02 Å². The van der Waals surface area contributed by atoms with E-state index in [1.165, 1.54) is 0 Å². The van der Waals surface area contributed by atoms with E-state index in [1.54, 1.807) is 0 Å². The Morgan fingerprint density at radius 3 is 2.87 bits per heavy atom. The maximum absolute atomic E-state index is 6.12. The molecule has 0 aliphatic rings. The van der Waals surface area contributed by atoms with Crippen LogP contribution in [0.25, 0.3) is 0 Å². The molecular weight excluding hydrogens is 330 g/mol. The Bertz CT molecular complexity index is 691. The van der Waals surface area contributed by atoms with Crippen LogP contribution >= 0.6 is 23.8 Å². The zero-order valence-electron chi connectivity index (χ0n) is 12.8. The smallest absolute Gasteiger partial charge is 0.223 e. The van der Waals surface area contributed by atoms with Gasteiger partial charge >= 0.3 is 0 Å². The maximum Gasteiger partial charge on any atom is 0.223 e. The lowest BCUT2D eigenvalue weighted by atomic mass is 10.2. The molecule has 23 heavy (non-hydrogen) atoms. The number of halogens is 1. The van der Waals surface area contributed by atoms with Crippen LogP contribution in [0.15, 0.2) is 48.5 Å². The third kappa shape index (κ3) is 5.88. The molecular formula is C17H19ClN3OS+. The van der Waals surface area contributed by atoms with Crippen molar-refractivity contribution in [3.05, 3.63) is 64.7 Å². The summed E-state index contributed by atoms with van der Waals surface area (Å²) in [5.41, 5.74) is 4.80. The third-order valence-corrected chi connectivity index (χ3v) is 3.59. The van der Waals surface area contributed by atoms with Crippen molar-refractivity contribution in [1.82, 2.24) is 10.7 Å². The van der Waals surface area contributed by atoms with E-state index in [0.29, 0.717) is 16.7 Å². The summed E-state index contributed by atoms with van der Waals surface area (Å²) in [7, 11) is 0. The molecule has 3 N–H and O–H groups in total. The topological polar surface area (TPSA) is 47.3 Å². The van der Waals surface area contributed by atoms with Gasteiger partial charge in [0.15, 0.2) is 6.21 Å².